The molecule has 0 aromatic heterocycles. The summed E-state index contributed by atoms with van der Waals surface area (Å²) in [6, 6.07) is -0.861. The van der Waals surface area contributed by atoms with Gasteiger partial charge in [0.25, 0.3) is 0 Å². The fourth-order valence-corrected chi connectivity index (χ4v) is 10.1. The summed E-state index contributed by atoms with van der Waals surface area (Å²) in [4.78, 5) is 13.1. The van der Waals surface area contributed by atoms with Crippen molar-refractivity contribution in [3.63, 3.8) is 0 Å². The Balaban J connectivity index is 2.35. The molecule has 0 aromatic rings. The van der Waals surface area contributed by atoms with Crippen molar-refractivity contribution in [2.45, 2.75) is 326 Å². The van der Waals surface area contributed by atoms with Crippen molar-refractivity contribution in [2.75, 3.05) is 13.2 Å². The van der Waals surface area contributed by atoms with Gasteiger partial charge in [0.2, 0.25) is 5.91 Å². The number of amides is 1. The number of nitrogens with one attached hydrogen (secondary N) is 1. The minimum Gasteiger partial charge on any atom is -0.394 e. The SMILES string of the molecule is CCCCCCCCCCC/C=C\CCCCCCCC(=O)NC(COC1OC(CO)C(O)C(OS(=O)(=O)O)C1O)C(O)CCCCCCCCCCCCCCCCCCCCCCCCCC. The average Bonchev–Trinajstić information content (AvgIpc) is 3.32. The number of aliphatic hydroxyl groups is 4. The summed E-state index contributed by atoms with van der Waals surface area (Å²) in [5.74, 6) is -0.233. The van der Waals surface area contributed by atoms with Crippen molar-refractivity contribution in [1.29, 1.82) is 0 Å². The van der Waals surface area contributed by atoms with E-state index in [4.69, 9.17) is 9.47 Å². The van der Waals surface area contributed by atoms with Crippen LogP contribution in [0.25, 0.3) is 0 Å². The number of aliphatic hydroxyl groups excluding tert-OH is 4. The van der Waals surface area contributed by atoms with Crippen molar-refractivity contribution in [3.05, 3.63) is 12.2 Å². The highest BCUT2D eigenvalue weighted by Crippen LogP contribution is 2.26. The lowest BCUT2D eigenvalue weighted by Gasteiger charge is -2.41. The fraction of sp³-hybridized carbons (Fsp3) is 0.946. The van der Waals surface area contributed by atoms with Crippen molar-refractivity contribution in [3.8, 4) is 0 Å². The molecule has 6 N–H and O–H groups in total. The Morgan fingerprint density at radius 1 is 0.565 bits per heavy atom. The molecular formula is C56H109NO11S. The highest BCUT2D eigenvalue weighted by Gasteiger charge is 2.48. The average molecular weight is 1000 g/mol. The number of ether oxygens (including phenoxy) is 2. The van der Waals surface area contributed by atoms with Crippen LogP contribution in [0.3, 0.4) is 0 Å². The van der Waals surface area contributed by atoms with Gasteiger partial charge in [-0.2, -0.15) is 8.42 Å². The zero-order chi connectivity index (χ0) is 50.5. The van der Waals surface area contributed by atoms with Gasteiger partial charge in [-0.1, -0.05) is 251 Å². The molecule has 69 heavy (non-hydrogen) atoms. The van der Waals surface area contributed by atoms with Crippen molar-refractivity contribution in [2.24, 2.45) is 0 Å². The zero-order valence-electron chi connectivity index (χ0n) is 44.4. The van der Waals surface area contributed by atoms with Gasteiger partial charge >= 0.3 is 10.4 Å². The van der Waals surface area contributed by atoms with Crippen molar-refractivity contribution >= 4 is 16.3 Å². The van der Waals surface area contributed by atoms with Crippen LogP contribution in [-0.4, -0.2) is 95.4 Å². The van der Waals surface area contributed by atoms with Crippen molar-refractivity contribution < 1.29 is 51.8 Å². The van der Waals surface area contributed by atoms with E-state index in [0.717, 1.165) is 64.2 Å². The first-order valence-electron chi connectivity index (χ1n) is 29.1. The first-order valence-corrected chi connectivity index (χ1v) is 30.4. The van der Waals surface area contributed by atoms with Crippen LogP contribution >= 0.6 is 0 Å². The smallest absolute Gasteiger partial charge is 0.394 e. The third-order valence-electron chi connectivity index (χ3n) is 14.1. The minimum absolute atomic E-state index is 0.233. The van der Waals surface area contributed by atoms with Gasteiger partial charge in [0.1, 0.15) is 24.4 Å². The Labute approximate surface area is 423 Å². The highest BCUT2D eigenvalue weighted by atomic mass is 32.3. The first kappa shape index (κ1) is 65.9. The van der Waals surface area contributed by atoms with E-state index in [1.54, 1.807) is 0 Å². The number of allylic oxidation sites excluding steroid dienone is 2. The third kappa shape index (κ3) is 39.0. The van der Waals surface area contributed by atoms with Gasteiger partial charge in [-0.15, -0.1) is 0 Å². The van der Waals surface area contributed by atoms with E-state index in [1.165, 1.54) is 186 Å². The normalized spacial score (nSPS) is 19.7. The van der Waals surface area contributed by atoms with E-state index in [2.05, 4.69) is 35.5 Å². The Bertz CT molecular complexity index is 1270. The molecule has 1 aliphatic heterocycles. The van der Waals surface area contributed by atoms with Gasteiger partial charge in [-0.25, -0.2) is 4.18 Å². The van der Waals surface area contributed by atoms with Crippen LogP contribution in [0, 0.1) is 0 Å². The highest BCUT2D eigenvalue weighted by molar-refractivity contribution is 7.80. The molecule has 0 bridgehead atoms. The maximum absolute atomic E-state index is 13.1. The van der Waals surface area contributed by atoms with E-state index >= 15 is 0 Å². The second kappa shape index (κ2) is 46.6. The monoisotopic (exact) mass is 1000 g/mol. The van der Waals surface area contributed by atoms with Crippen LogP contribution in [-0.2, 0) is 28.9 Å². The number of hydrogen-bond acceptors (Lipinski definition) is 10. The van der Waals surface area contributed by atoms with E-state index in [1.807, 2.05) is 0 Å². The molecule has 0 radical (unpaired) electrons. The van der Waals surface area contributed by atoms with Crippen LogP contribution in [0.5, 0.6) is 0 Å². The van der Waals surface area contributed by atoms with Crippen LogP contribution in [0.15, 0.2) is 12.2 Å². The van der Waals surface area contributed by atoms with Gasteiger partial charge in [-0.3, -0.25) is 9.35 Å². The Kier molecular flexibility index (Phi) is 44.5. The van der Waals surface area contributed by atoms with Crippen LogP contribution in [0.4, 0.5) is 0 Å². The summed E-state index contributed by atoms with van der Waals surface area (Å²) in [6.45, 7) is 3.49. The third-order valence-corrected chi connectivity index (χ3v) is 14.5. The maximum atomic E-state index is 13.1. The van der Waals surface area contributed by atoms with Gasteiger partial charge < -0.3 is 35.2 Å². The van der Waals surface area contributed by atoms with Gasteiger partial charge in [-0.05, 0) is 38.5 Å². The molecule has 13 heteroatoms. The van der Waals surface area contributed by atoms with E-state index < -0.39 is 59.9 Å². The summed E-state index contributed by atoms with van der Waals surface area (Å²) < 4.78 is 47.9. The van der Waals surface area contributed by atoms with Crippen LogP contribution < -0.4 is 5.32 Å². The number of hydrogen-bond donors (Lipinski definition) is 6. The van der Waals surface area contributed by atoms with Gasteiger partial charge in [0.15, 0.2) is 6.29 Å². The molecule has 0 aromatic carbocycles. The predicted molar refractivity (Wildman–Crippen MR) is 282 cm³/mol. The second-order valence-corrected chi connectivity index (χ2v) is 21.6. The number of carbonyl (C=O) groups is 1. The van der Waals surface area contributed by atoms with Crippen molar-refractivity contribution in [1.82, 2.24) is 5.32 Å². The molecule has 12 nitrogen and oxygen atoms in total. The van der Waals surface area contributed by atoms with E-state index in [0.29, 0.717) is 12.8 Å². The molecule has 1 fully saturated rings. The largest absolute Gasteiger partial charge is 0.397 e. The van der Waals surface area contributed by atoms with Gasteiger partial charge in [0.05, 0.1) is 25.4 Å². The maximum Gasteiger partial charge on any atom is 0.397 e. The molecule has 7 unspecified atom stereocenters. The molecule has 1 heterocycles. The summed E-state index contributed by atoms with van der Waals surface area (Å²) in [5.41, 5.74) is 0. The van der Waals surface area contributed by atoms with E-state index in [9.17, 15) is 38.2 Å². The topological polar surface area (TPSA) is 192 Å². The van der Waals surface area contributed by atoms with Crippen LogP contribution in [0.2, 0.25) is 0 Å². The summed E-state index contributed by atoms with van der Waals surface area (Å²) in [7, 11) is -5.08. The fourth-order valence-electron chi connectivity index (χ4n) is 9.57. The molecular weight excluding hydrogens is 895 g/mol. The summed E-state index contributed by atoms with van der Waals surface area (Å²) in [5, 5.41) is 45.1. The zero-order valence-corrected chi connectivity index (χ0v) is 45.2. The Hall–Kier alpha value is -1.16. The predicted octanol–water partition coefficient (Wildman–Crippen LogP) is 13.5. The minimum atomic E-state index is -5.08. The molecule has 1 amide bonds. The Morgan fingerprint density at radius 3 is 1.30 bits per heavy atom. The number of unbranched alkanes of at least 4 members (excludes halogenated alkanes) is 37. The van der Waals surface area contributed by atoms with Crippen LogP contribution in [0.1, 0.15) is 284 Å². The molecule has 1 saturated heterocycles. The second-order valence-electron chi connectivity index (χ2n) is 20.6. The standard InChI is InChI=1S/C56H109NO11S/c1-3-5-7-9-11-13-15-17-19-21-23-24-25-26-27-28-29-31-33-35-37-39-41-43-45-50(59)49(48-66-56-54(62)55(68-69(63,64)65)53(61)51(47-58)67-56)57-52(60)46-44-42-40-38-36-34-32-30-22-20-18-16-14-12-10-8-6-4-2/h30,32,49-51,53-56,58-59,61-62H,3-29,31,33-48H2,1-2H3,(H,57,60)(H,63,64,65)/b32-30-. The molecule has 0 aliphatic carbocycles. The van der Waals surface area contributed by atoms with E-state index in [-0.39, 0.29) is 18.9 Å². The summed E-state index contributed by atoms with van der Waals surface area (Å²) in [6.07, 6.45) is 46.4. The Morgan fingerprint density at radius 2 is 0.928 bits per heavy atom. The number of carbonyl (C=O) groups excluding carboxylic acids is 1. The first-order chi connectivity index (χ1) is 33.5. The molecule has 1 aliphatic rings. The lowest BCUT2D eigenvalue weighted by atomic mass is 9.99. The molecule has 410 valence electrons. The molecule has 7 atom stereocenters. The van der Waals surface area contributed by atoms with Gasteiger partial charge in [0, 0.05) is 6.42 Å². The quantitative estimate of drug-likeness (QED) is 0.0193. The molecule has 0 saturated carbocycles. The molecule has 0 spiro atoms. The lowest BCUT2D eigenvalue weighted by molar-refractivity contribution is -0.298. The molecule has 1 rings (SSSR count). The summed E-state index contributed by atoms with van der Waals surface area (Å²) >= 11 is 0. The lowest BCUT2D eigenvalue weighted by Crippen LogP contribution is -2.61. The number of rotatable bonds is 51.